The molecule has 0 spiro atoms. The van der Waals surface area contributed by atoms with Gasteiger partial charge in [0, 0.05) is 12.5 Å². The van der Waals surface area contributed by atoms with E-state index in [-0.39, 0.29) is 12.3 Å². The number of carbonyl (C=O) groups excluding carboxylic acids is 2. The lowest BCUT2D eigenvalue weighted by Gasteiger charge is -2.42. The summed E-state index contributed by atoms with van der Waals surface area (Å²) in [6.45, 7) is 0.975. The summed E-state index contributed by atoms with van der Waals surface area (Å²) in [7, 11) is 0. The summed E-state index contributed by atoms with van der Waals surface area (Å²) < 4.78 is 25.8. The van der Waals surface area contributed by atoms with Gasteiger partial charge in [-0.2, -0.15) is 0 Å². The molecule has 8 nitrogen and oxygen atoms in total. The number of alkyl halides is 3. The van der Waals surface area contributed by atoms with Crippen LogP contribution in [-0.4, -0.2) is 47.4 Å². The summed E-state index contributed by atoms with van der Waals surface area (Å²) >= 11 is 16.7. The number of alkyl carbamates (subject to hydrolysis) is 1. The monoisotopic (exact) mass is 465 g/mol. The van der Waals surface area contributed by atoms with Crippen LogP contribution in [0, 0.1) is 0 Å². The van der Waals surface area contributed by atoms with Crippen LogP contribution in [0.3, 0.4) is 0 Å². The molecule has 29 heavy (non-hydrogen) atoms. The van der Waals surface area contributed by atoms with E-state index in [9.17, 15) is 9.59 Å². The van der Waals surface area contributed by atoms with Crippen molar-refractivity contribution in [2.75, 3.05) is 13.2 Å². The Kier molecular flexibility index (Phi) is 7.13. The van der Waals surface area contributed by atoms with E-state index in [0.717, 1.165) is 5.56 Å². The van der Waals surface area contributed by atoms with E-state index >= 15 is 0 Å². The summed E-state index contributed by atoms with van der Waals surface area (Å²) in [6.07, 6.45) is -2.57. The van der Waals surface area contributed by atoms with Crippen molar-refractivity contribution in [1.29, 1.82) is 0 Å². The maximum Gasteiger partial charge on any atom is 0.411 e. The van der Waals surface area contributed by atoms with Crippen molar-refractivity contribution in [3.8, 4) is 0 Å². The standard InChI is InChI=1S/C18H18Cl3NO7/c1-10(23)28-14-12(22-17(24)27-9-18(19,20)21)7-25-13-8-26-16(29-15(13)14)11-5-3-2-4-6-11/h2-7,13-16H,8-9H2,1H3,(H,22,24)/t13-,14-,15-,16-/m1/s1. The second-order valence-electron chi connectivity index (χ2n) is 6.27. The van der Waals surface area contributed by atoms with Crippen LogP contribution in [0.5, 0.6) is 0 Å². The fourth-order valence-corrected chi connectivity index (χ4v) is 2.99. The quantitative estimate of drug-likeness (QED) is 0.537. The first kappa shape index (κ1) is 22.0. The Morgan fingerprint density at radius 2 is 1.97 bits per heavy atom. The minimum atomic E-state index is -1.76. The SMILES string of the molecule is CC(=O)O[C@@H]1C(NC(=O)OCC(Cl)(Cl)Cl)=CO[C@@H]2CO[C@@H](c3ccccc3)O[C@@H]12. The average molecular weight is 467 g/mol. The highest BCUT2D eigenvalue weighted by molar-refractivity contribution is 6.67. The van der Waals surface area contributed by atoms with Gasteiger partial charge in [0.15, 0.2) is 18.5 Å². The normalized spacial score (nSPS) is 26.4. The van der Waals surface area contributed by atoms with E-state index in [1.54, 1.807) is 0 Å². The van der Waals surface area contributed by atoms with E-state index in [0.29, 0.717) is 0 Å². The van der Waals surface area contributed by atoms with Crippen LogP contribution in [-0.2, 0) is 28.5 Å². The molecule has 158 valence electrons. The number of hydrogen-bond acceptors (Lipinski definition) is 7. The first-order valence-corrected chi connectivity index (χ1v) is 9.71. The van der Waals surface area contributed by atoms with E-state index < -0.39 is 47.1 Å². The number of amides is 1. The number of halogens is 3. The van der Waals surface area contributed by atoms with Crippen LogP contribution < -0.4 is 5.32 Å². The number of fused-ring (bicyclic) bond motifs is 1. The minimum Gasteiger partial charge on any atom is -0.491 e. The molecule has 2 heterocycles. The number of carbonyl (C=O) groups is 2. The Morgan fingerprint density at radius 3 is 2.62 bits per heavy atom. The maximum absolute atomic E-state index is 12.0. The van der Waals surface area contributed by atoms with Gasteiger partial charge in [-0.15, -0.1) is 0 Å². The second-order valence-corrected chi connectivity index (χ2v) is 8.79. The zero-order chi connectivity index (χ0) is 21.0. The first-order valence-electron chi connectivity index (χ1n) is 8.58. The molecule has 11 heteroatoms. The van der Waals surface area contributed by atoms with Gasteiger partial charge in [0.25, 0.3) is 0 Å². The largest absolute Gasteiger partial charge is 0.491 e. The fourth-order valence-electron chi connectivity index (χ4n) is 2.83. The van der Waals surface area contributed by atoms with Gasteiger partial charge in [-0.25, -0.2) is 4.79 Å². The van der Waals surface area contributed by atoms with Gasteiger partial charge >= 0.3 is 12.1 Å². The fraction of sp³-hybridized carbons (Fsp3) is 0.444. The topological polar surface area (TPSA) is 92.3 Å². The predicted molar refractivity (Wildman–Crippen MR) is 103 cm³/mol. The Hall–Kier alpha value is -1.71. The zero-order valence-corrected chi connectivity index (χ0v) is 17.4. The van der Waals surface area contributed by atoms with Gasteiger partial charge in [0.2, 0.25) is 3.79 Å². The van der Waals surface area contributed by atoms with Gasteiger partial charge < -0.3 is 23.7 Å². The number of rotatable bonds is 4. The lowest BCUT2D eigenvalue weighted by molar-refractivity contribution is -0.280. The van der Waals surface area contributed by atoms with Gasteiger partial charge in [0.1, 0.15) is 19.0 Å². The van der Waals surface area contributed by atoms with Crippen molar-refractivity contribution < 1.29 is 33.3 Å². The lowest BCUT2D eigenvalue weighted by Crippen LogP contribution is -2.54. The van der Waals surface area contributed by atoms with Crippen LogP contribution in [0.2, 0.25) is 0 Å². The molecule has 1 N–H and O–H groups in total. The molecule has 1 saturated heterocycles. The van der Waals surface area contributed by atoms with Crippen LogP contribution in [0.15, 0.2) is 42.3 Å². The zero-order valence-electron chi connectivity index (χ0n) is 15.2. The molecular formula is C18H18Cl3NO7. The number of ether oxygens (including phenoxy) is 5. The number of nitrogens with one attached hydrogen (secondary N) is 1. The van der Waals surface area contributed by atoms with Crippen molar-refractivity contribution in [1.82, 2.24) is 5.32 Å². The highest BCUT2D eigenvalue weighted by atomic mass is 35.6. The van der Waals surface area contributed by atoms with Gasteiger partial charge in [-0.3, -0.25) is 10.1 Å². The van der Waals surface area contributed by atoms with Crippen molar-refractivity contribution in [3.05, 3.63) is 47.9 Å². The number of hydrogen-bond donors (Lipinski definition) is 1. The molecule has 0 bridgehead atoms. The van der Waals surface area contributed by atoms with Crippen LogP contribution in [0.25, 0.3) is 0 Å². The van der Waals surface area contributed by atoms with Crippen molar-refractivity contribution in [3.63, 3.8) is 0 Å². The molecule has 2 aliphatic rings. The summed E-state index contributed by atoms with van der Waals surface area (Å²) in [5, 5.41) is 2.44. The molecule has 0 unspecified atom stereocenters. The first-order chi connectivity index (χ1) is 13.7. The van der Waals surface area contributed by atoms with E-state index in [2.05, 4.69) is 5.32 Å². The molecule has 0 aromatic heterocycles. The summed E-state index contributed by atoms with van der Waals surface area (Å²) in [4.78, 5) is 23.7. The van der Waals surface area contributed by atoms with Crippen LogP contribution in [0.4, 0.5) is 4.79 Å². The molecule has 0 saturated carbocycles. The summed E-state index contributed by atoms with van der Waals surface area (Å²) in [5.41, 5.74) is 0.920. The highest BCUT2D eigenvalue weighted by Crippen LogP contribution is 2.34. The third-order valence-corrected chi connectivity index (χ3v) is 4.34. The Balaban J connectivity index is 1.73. The number of esters is 1. The average Bonchev–Trinajstić information content (AvgIpc) is 2.68. The Bertz CT molecular complexity index is 768. The molecular weight excluding hydrogens is 449 g/mol. The molecule has 1 aromatic carbocycles. The Labute approximate surface area is 181 Å². The lowest BCUT2D eigenvalue weighted by atomic mass is 10.0. The molecule has 0 aliphatic carbocycles. The van der Waals surface area contributed by atoms with Crippen LogP contribution in [0.1, 0.15) is 18.8 Å². The van der Waals surface area contributed by atoms with E-state index in [1.807, 2.05) is 30.3 Å². The smallest absolute Gasteiger partial charge is 0.411 e. The molecule has 3 rings (SSSR count). The second kappa shape index (κ2) is 9.40. The summed E-state index contributed by atoms with van der Waals surface area (Å²) in [5.74, 6) is -0.565. The third-order valence-electron chi connectivity index (χ3n) is 4.01. The third kappa shape index (κ3) is 6.13. The minimum absolute atomic E-state index is 0.129. The number of benzene rings is 1. The molecule has 4 atom stereocenters. The Morgan fingerprint density at radius 1 is 1.24 bits per heavy atom. The van der Waals surface area contributed by atoms with E-state index in [1.165, 1.54) is 13.2 Å². The van der Waals surface area contributed by atoms with Gasteiger partial charge in [-0.1, -0.05) is 65.1 Å². The van der Waals surface area contributed by atoms with E-state index in [4.69, 9.17) is 58.5 Å². The van der Waals surface area contributed by atoms with Gasteiger partial charge in [-0.05, 0) is 0 Å². The van der Waals surface area contributed by atoms with Gasteiger partial charge in [0.05, 0.1) is 12.3 Å². The molecule has 0 radical (unpaired) electrons. The van der Waals surface area contributed by atoms with Crippen molar-refractivity contribution in [2.24, 2.45) is 0 Å². The maximum atomic E-state index is 12.0. The molecule has 1 aromatic rings. The highest BCUT2D eigenvalue weighted by Gasteiger charge is 2.45. The summed E-state index contributed by atoms with van der Waals surface area (Å²) in [6, 6.07) is 9.26. The van der Waals surface area contributed by atoms with Crippen LogP contribution >= 0.6 is 34.8 Å². The predicted octanol–water partition coefficient (Wildman–Crippen LogP) is 3.37. The van der Waals surface area contributed by atoms with Crippen molar-refractivity contribution >= 4 is 46.9 Å². The molecule has 2 aliphatic heterocycles. The molecule has 1 amide bonds. The van der Waals surface area contributed by atoms with Crippen molar-refractivity contribution in [2.45, 2.75) is 35.3 Å². The molecule has 1 fully saturated rings.